The highest BCUT2D eigenvalue weighted by Crippen LogP contribution is 2.41. The van der Waals surface area contributed by atoms with E-state index < -0.39 is 11.5 Å². The number of benzene rings is 2. The van der Waals surface area contributed by atoms with Gasteiger partial charge in [0.15, 0.2) is 5.82 Å². The Bertz CT molecular complexity index is 2060. The Morgan fingerprint density at radius 1 is 1.00 bits per heavy atom. The highest BCUT2D eigenvalue weighted by Gasteiger charge is 2.33. The number of carbonyl (C=O) groups excluding carboxylic acids is 2. The van der Waals surface area contributed by atoms with Gasteiger partial charge in [0.1, 0.15) is 11.1 Å². The summed E-state index contributed by atoms with van der Waals surface area (Å²) in [6.45, 7) is 3.81. The maximum absolute atomic E-state index is 13.1. The van der Waals surface area contributed by atoms with Gasteiger partial charge >= 0.3 is 5.97 Å². The molecule has 1 aliphatic rings. The molecule has 4 heterocycles. The zero-order valence-electron chi connectivity index (χ0n) is 25.3. The van der Waals surface area contributed by atoms with Crippen LogP contribution in [0.25, 0.3) is 22.0 Å². The van der Waals surface area contributed by atoms with E-state index in [0.29, 0.717) is 58.5 Å². The monoisotopic (exact) mass is 656 g/mol. The third-order valence-corrected chi connectivity index (χ3v) is 8.72. The predicted octanol–water partition coefficient (Wildman–Crippen LogP) is 6.21. The van der Waals surface area contributed by atoms with Crippen molar-refractivity contribution in [2.24, 2.45) is 13.0 Å². The molecule has 2 N–H and O–H groups in total. The smallest absolute Gasteiger partial charge is 0.311 e. The highest BCUT2D eigenvalue weighted by molar-refractivity contribution is 6.39. The summed E-state index contributed by atoms with van der Waals surface area (Å²) < 4.78 is 6.20. The summed E-state index contributed by atoms with van der Waals surface area (Å²) in [5, 5.41) is 7.67. The van der Waals surface area contributed by atoms with Crippen molar-refractivity contribution in [3.63, 3.8) is 0 Å². The lowest BCUT2D eigenvalue weighted by Crippen LogP contribution is -2.49. The number of ether oxygens (including phenoxy) is 1. The van der Waals surface area contributed by atoms with E-state index in [1.54, 1.807) is 43.7 Å². The first-order valence-corrected chi connectivity index (χ1v) is 15.3. The van der Waals surface area contributed by atoms with Crippen LogP contribution < -0.4 is 16.2 Å². The minimum absolute atomic E-state index is 0.0178. The quantitative estimate of drug-likeness (QED) is 0.189. The molecule has 1 amide bonds. The summed E-state index contributed by atoms with van der Waals surface area (Å²) in [6, 6.07) is 16.2. The van der Waals surface area contributed by atoms with Crippen LogP contribution in [0.4, 0.5) is 17.2 Å². The number of pyridine rings is 3. The van der Waals surface area contributed by atoms with Gasteiger partial charge in [-0.2, -0.15) is 0 Å². The molecule has 1 fully saturated rings. The minimum Gasteiger partial charge on any atom is -0.469 e. The fourth-order valence-electron chi connectivity index (χ4n) is 5.59. The van der Waals surface area contributed by atoms with Crippen molar-refractivity contribution in [2.45, 2.75) is 13.5 Å². The summed E-state index contributed by atoms with van der Waals surface area (Å²) in [6.07, 6.45) is 5.18. The molecule has 1 saturated heterocycles. The number of likely N-dealkylation sites (tertiary alicyclic amines) is 1. The molecule has 3 aromatic heterocycles. The number of methoxy groups -OCH3 is 1. The van der Waals surface area contributed by atoms with Crippen molar-refractivity contribution in [3.8, 4) is 11.1 Å². The molecule has 12 heteroatoms. The molecule has 234 valence electrons. The normalized spacial score (nSPS) is 13.3. The number of aryl methyl sites for hydroxylation is 2. The van der Waals surface area contributed by atoms with Crippen molar-refractivity contribution in [3.05, 3.63) is 110 Å². The molecule has 5 aromatic rings. The van der Waals surface area contributed by atoms with Gasteiger partial charge in [-0.25, -0.2) is 4.98 Å². The van der Waals surface area contributed by atoms with E-state index in [4.69, 9.17) is 32.9 Å². The van der Waals surface area contributed by atoms with Crippen LogP contribution in [0.15, 0.2) is 78.0 Å². The molecule has 0 atom stereocenters. The zero-order chi connectivity index (χ0) is 32.5. The molecule has 0 spiro atoms. The summed E-state index contributed by atoms with van der Waals surface area (Å²) in [5.74, 6) is -0.280. The van der Waals surface area contributed by atoms with Gasteiger partial charge in [-0.1, -0.05) is 47.5 Å². The van der Waals surface area contributed by atoms with Crippen molar-refractivity contribution in [2.75, 3.05) is 30.8 Å². The van der Waals surface area contributed by atoms with Crippen molar-refractivity contribution in [1.29, 1.82) is 0 Å². The number of rotatable bonds is 8. The van der Waals surface area contributed by atoms with Crippen LogP contribution in [0.5, 0.6) is 0 Å². The number of fused-ring (bicyclic) bond motifs is 1. The minimum atomic E-state index is -0.558. The third-order valence-electron chi connectivity index (χ3n) is 7.91. The number of hydrogen-bond donors (Lipinski definition) is 2. The Kier molecular flexibility index (Phi) is 8.77. The van der Waals surface area contributed by atoms with E-state index in [-0.39, 0.29) is 22.5 Å². The first-order chi connectivity index (χ1) is 22.1. The molecule has 10 nitrogen and oxygen atoms in total. The molecule has 46 heavy (non-hydrogen) atoms. The zero-order valence-corrected chi connectivity index (χ0v) is 26.8. The standard InChI is InChI=1S/C34H30Cl2N6O4/c1-19-12-25(33(44)41(2)15-19)32(43)40-27-9-5-7-24(29(27)36)23-6-4-8-26(28(23)35)39-31-30-21(10-11-37-31)13-20(14-38-30)16-42-17-22(18-42)34(45)46-3/h4-15,22H,16-18H2,1-3H3,(H,37,39)(H,40,43). The van der Waals surface area contributed by atoms with Crippen LogP contribution >= 0.6 is 23.2 Å². The van der Waals surface area contributed by atoms with Crippen LogP contribution in [0.3, 0.4) is 0 Å². The first-order valence-electron chi connectivity index (χ1n) is 14.5. The Balaban J connectivity index is 1.23. The van der Waals surface area contributed by atoms with Gasteiger partial charge in [0.05, 0.1) is 34.4 Å². The lowest BCUT2D eigenvalue weighted by molar-refractivity contribution is -0.151. The molecule has 6 rings (SSSR count). The van der Waals surface area contributed by atoms with E-state index in [0.717, 1.165) is 16.5 Å². The fraction of sp³-hybridized carbons (Fsp3) is 0.206. The van der Waals surface area contributed by atoms with E-state index in [9.17, 15) is 14.4 Å². The topological polar surface area (TPSA) is 118 Å². The van der Waals surface area contributed by atoms with Gasteiger partial charge in [-0.15, -0.1) is 0 Å². The maximum Gasteiger partial charge on any atom is 0.311 e. The Hall–Kier alpha value is -4.77. The maximum atomic E-state index is 13.1. The van der Waals surface area contributed by atoms with Gasteiger partial charge < -0.3 is 19.9 Å². The predicted molar refractivity (Wildman–Crippen MR) is 180 cm³/mol. The number of aromatic nitrogens is 3. The second kappa shape index (κ2) is 12.9. The SMILES string of the molecule is COC(=O)C1CN(Cc2cnc3c(Nc4cccc(-c5cccc(NC(=O)c6cc(C)cn(C)c6=O)c5Cl)c4Cl)nccc3c2)C1. The van der Waals surface area contributed by atoms with Gasteiger partial charge in [-0.3, -0.25) is 24.3 Å². The number of nitrogens with zero attached hydrogens (tertiary/aromatic N) is 4. The number of halogens is 2. The van der Waals surface area contributed by atoms with E-state index in [1.807, 2.05) is 37.4 Å². The second-order valence-corrected chi connectivity index (χ2v) is 12.0. The largest absolute Gasteiger partial charge is 0.469 e. The highest BCUT2D eigenvalue weighted by atomic mass is 35.5. The van der Waals surface area contributed by atoms with Crippen LogP contribution in [0.2, 0.25) is 10.0 Å². The number of anilines is 3. The molecule has 0 bridgehead atoms. The lowest BCUT2D eigenvalue weighted by Gasteiger charge is -2.37. The number of amides is 1. The summed E-state index contributed by atoms with van der Waals surface area (Å²) in [4.78, 5) is 48.7. The van der Waals surface area contributed by atoms with Crippen molar-refractivity contribution >= 4 is 63.2 Å². The summed E-state index contributed by atoms with van der Waals surface area (Å²) >= 11 is 13.7. The van der Waals surface area contributed by atoms with E-state index in [1.165, 1.54) is 11.7 Å². The summed E-state index contributed by atoms with van der Waals surface area (Å²) in [7, 11) is 3.01. The van der Waals surface area contributed by atoms with Gasteiger partial charge in [0.25, 0.3) is 11.5 Å². The lowest BCUT2D eigenvalue weighted by atomic mass is 9.99. The van der Waals surface area contributed by atoms with E-state index in [2.05, 4.69) is 26.6 Å². The van der Waals surface area contributed by atoms with Crippen LogP contribution in [0, 0.1) is 12.8 Å². The molecule has 1 aliphatic heterocycles. The average Bonchev–Trinajstić information content (AvgIpc) is 3.02. The van der Waals surface area contributed by atoms with Gasteiger partial charge in [0.2, 0.25) is 0 Å². The number of esters is 1. The first kappa shape index (κ1) is 31.2. The third kappa shape index (κ3) is 6.19. The van der Waals surface area contributed by atoms with Crippen LogP contribution in [-0.2, 0) is 23.1 Å². The Morgan fingerprint density at radius 2 is 1.70 bits per heavy atom. The number of nitrogens with one attached hydrogen (secondary N) is 2. The fourth-order valence-corrected chi connectivity index (χ4v) is 6.14. The van der Waals surface area contributed by atoms with Crippen LogP contribution in [0.1, 0.15) is 21.5 Å². The molecule has 0 radical (unpaired) electrons. The number of hydrogen-bond acceptors (Lipinski definition) is 8. The van der Waals surface area contributed by atoms with E-state index >= 15 is 0 Å². The molecule has 0 unspecified atom stereocenters. The van der Waals surface area contributed by atoms with Crippen molar-refractivity contribution in [1.82, 2.24) is 19.4 Å². The molecular formula is C34H30Cl2N6O4. The molecule has 0 aliphatic carbocycles. The second-order valence-electron chi connectivity index (χ2n) is 11.2. The van der Waals surface area contributed by atoms with Gasteiger partial charge in [-0.05, 0) is 48.4 Å². The van der Waals surface area contributed by atoms with Crippen molar-refractivity contribution < 1.29 is 14.3 Å². The van der Waals surface area contributed by atoms with Crippen LogP contribution in [-0.4, -0.2) is 51.5 Å². The summed E-state index contributed by atoms with van der Waals surface area (Å²) in [5.41, 5.74) is 4.26. The number of carbonyl (C=O) groups is 2. The van der Waals surface area contributed by atoms with Gasteiger partial charge in [0, 0.05) is 61.8 Å². The molecule has 0 saturated carbocycles. The Labute approximate surface area is 274 Å². The molecule has 2 aromatic carbocycles. The Morgan fingerprint density at radius 3 is 2.41 bits per heavy atom. The molecular weight excluding hydrogens is 627 g/mol. The average molecular weight is 658 g/mol.